The molecule has 1 atom stereocenters. The summed E-state index contributed by atoms with van der Waals surface area (Å²) in [6.07, 6.45) is 0. The van der Waals surface area contributed by atoms with Gasteiger partial charge in [-0.2, -0.15) is 5.10 Å². The number of nitro benzene ring substituents is 1. The first-order valence-corrected chi connectivity index (χ1v) is 9.82. The standard InChI is InChI=1S/C21H16N6O6/c1-11-15-19(25(24-11)12-7-4-3-5-8-12)33-18(22-2)17(27(31)32)21(15)16-13(23-20(21)28)9-6-10-14(16)26(29)30/h3-10,22H,1-2H3,(H,23,28). The van der Waals surface area contributed by atoms with Crippen molar-refractivity contribution in [2.45, 2.75) is 12.3 Å². The number of nitro groups is 2. The van der Waals surface area contributed by atoms with Crippen LogP contribution >= 0.6 is 0 Å². The second-order valence-corrected chi connectivity index (χ2v) is 7.46. The lowest BCUT2D eigenvalue weighted by atomic mass is 9.71. The molecule has 1 aromatic heterocycles. The molecular formula is C21H16N6O6. The van der Waals surface area contributed by atoms with Crippen molar-refractivity contribution in [2.75, 3.05) is 12.4 Å². The molecule has 0 saturated heterocycles. The molecule has 2 aromatic carbocycles. The third-order valence-corrected chi connectivity index (χ3v) is 5.78. The molecule has 2 aliphatic rings. The Bertz CT molecular complexity index is 1400. The Balaban J connectivity index is 1.97. The third-order valence-electron chi connectivity index (χ3n) is 5.78. The molecule has 12 heteroatoms. The highest BCUT2D eigenvalue weighted by Crippen LogP contribution is 2.57. The highest BCUT2D eigenvalue weighted by molar-refractivity contribution is 6.13. The van der Waals surface area contributed by atoms with Gasteiger partial charge < -0.3 is 15.4 Å². The minimum Gasteiger partial charge on any atom is -0.416 e. The monoisotopic (exact) mass is 448 g/mol. The molecule has 12 nitrogen and oxygen atoms in total. The van der Waals surface area contributed by atoms with Gasteiger partial charge in [0, 0.05) is 13.1 Å². The number of para-hydroxylation sites is 1. The van der Waals surface area contributed by atoms with Crippen LogP contribution in [0, 0.1) is 27.2 Å². The molecule has 0 fully saturated rings. The molecular weight excluding hydrogens is 432 g/mol. The van der Waals surface area contributed by atoms with Crippen molar-refractivity contribution in [3.8, 4) is 11.6 Å². The first kappa shape index (κ1) is 20.2. The number of ether oxygens (including phenoxy) is 1. The van der Waals surface area contributed by atoms with Gasteiger partial charge in [-0.05, 0) is 25.1 Å². The summed E-state index contributed by atoms with van der Waals surface area (Å²) in [5.41, 5.74) is -2.35. The van der Waals surface area contributed by atoms with Gasteiger partial charge in [0.05, 0.1) is 38.0 Å². The maximum atomic E-state index is 13.6. The summed E-state index contributed by atoms with van der Waals surface area (Å²) in [4.78, 5) is 36.5. The van der Waals surface area contributed by atoms with Crippen molar-refractivity contribution in [2.24, 2.45) is 0 Å². The zero-order valence-corrected chi connectivity index (χ0v) is 17.4. The van der Waals surface area contributed by atoms with Crippen LogP contribution in [-0.2, 0) is 10.2 Å². The zero-order valence-electron chi connectivity index (χ0n) is 17.4. The molecule has 2 aliphatic heterocycles. The van der Waals surface area contributed by atoms with Crippen LogP contribution in [0.2, 0.25) is 0 Å². The lowest BCUT2D eigenvalue weighted by Gasteiger charge is -2.30. The van der Waals surface area contributed by atoms with Crippen molar-refractivity contribution in [3.63, 3.8) is 0 Å². The average molecular weight is 448 g/mol. The first-order valence-electron chi connectivity index (χ1n) is 9.82. The van der Waals surface area contributed by atoms with E-state index >= 15 is 0 Å². The van der Waals surface area contributed by atoms with Gasteiger partial charge >= 0.3 is 5.70 Å². The Morgan fingerprint density at radius 1 is 1.06 bits per heavy atom. The van der Waals surface area contributed by atoms with E-state index in [0.717, 1.165) is 0 Å². The molecule has 5 rings (SSSR count). The summed E-state index contributed by atoms with van der Waals surface area (Å²) in [5.74, 6) is -1.06. The number of aromatic nitrogens is 2. The number of benzene rings is 2. The summed E-state index contributed by atoms with van der Waals surface area (Å²) in [6.45, 7) is 1.57. The van der Waals surface area contributed by atoms with Crippen LogP contribution < -0.4 is 15.4 Å². The summed E-state index contributed by atoms with van der Waals surface area (Å²) >= 11 is 0. The van der Waals surface area contributed by atoms with Crippen LogP contribution in [0.1, 0.15) is 16.8 Å². The number of hydrogen-bond donors (Lipinski definition) is 2. The quantitative estimate of drug-likeness (QED) is 0.455. The van der Waals surface area contributed by atoms with Crippen LogP contribution in [0.5, 0.6) is 5.88 Å². The van der Waals surface area contributed by atoms with Gasteiger partial charge in [0.2, 0.25) is 11.3 Å². The predicted molar refractivity (Wildman–Crippen MR) is 115 cm³/mol. The highest BCUT2D eigenvalue weighted by Gasteiger charge is 2.67. The number of aryl methyl sites for hydroxylation is 1. The van der Waals surface area contributed by atoms with E-state index < -0.39 is 32.6 Å². The lowest BCUT2D eigenvalue weighted by molar-refractivity contribution is -0.437. The minimum absolute atomic E-state index is 0.0507. The second-order valence-electron chi connectivity index (χ2n) is 7.46. The topological polar surface area (TPSA) is 154 Å². The molecule has 0 radical (unpaired) electrons. The molecule has 3 aromatic rings. The Hall–Kier alpha value is -4.74. The minimum atomic E-state index is -2.16. The molecule has 33 heavy (non-hydrogen) atoms. The van der Waals surface area contributed by atoms with E-state index in [1.165, 1.54) is 29.9 Å². The molecule has 2 N–H and O–H groups in total. The van der Waals surface area contributed by atoms with Gasteiger partial charge in [-0.3, -0.25) is 25.0 Å². The molecule has 0 aliphatic carbocycles. The van der Waals surface area contributed by atoms with Gasteiger partial charge in [-0.15, -0.1) is 0 Å². The number of hydrogen-bond acceptors (Lipinski definition) is 8. The number of fused-ring (bicyclic) bond motifs is 4. The fraction of sp³-hybridized carbons (Fsp3) is 0.143. The lowest BCUT2D eigenvalue weighted by Crippen LogP contribution is -2.46. The Morgan fingerprint density at radius 3 is 2.42 bits per heavy atom. The van der Waals surface area contributed by atoms with Crippen LogP contribution in [0.15, 0.2) is 60.1 Å². The Labute approximate surface area is 185 Å². The fourth-order valence-electron chi connectivity index (χ4n) is 4.58. The van der Waals surface area contributed by atoms with Crippen molar-refractivity contribution in [1.82, 2.24) is 15.1 Å². The fourth-order valence-corrected chi connectivity index (χ4v) is 4.58. The van der Waals surface area contributed by atoms with Gasteiger partial charge in [0.15, 0.2) is 0 Å². The molecule has 1 amide bonds. The molecule has 0 bridgehead atoms. The summed E-state index contributed by atoms with van der Waals surface area (Å²) in [6, 6.07) is 12.9. The summed E-state index contributed by atoms with van der Waals surface area (Å²) < 4.78 is 7.31. The number of nitrogens with one attached hydrogen (secondary N) is 2. The van der Waals surface area contributed by atoms with Crippen LogP contribution in [0.4, 0.5) is 11.4 Å². The number of carbonyl (C=O) groups is 1. The second kappa shape index (κ2) is 6.88. The SMILES string of the molecule is CNC1=C([N+](=O)[O-])C2(C(=O)Nc3cccc([N+](=O)[O-])c32)c2c(C)nn(-c3ccccc3)c2O1. The molecule has 166 valence electrons. The third kappa shape index (κ3) is 2.51. The summed E-state index contributed by atoms with van der Waals surface area (Å²) in [7, 11) is 1.40. The van der Waals surface area contributed by atoms with E-state index in [0.29, 0.717) is 5.69 Å². The highest BCUT2D eigenvalue weighted by atomic mass is 16.6. The van der Waals surface area contributed by atoms with Crippen molar-refractivity contribution < 1.29 is 19.4 Å². The Morgan fingerprint density at radius 2 is 1.79 bits per heavy atom. The molecule has 1 unspecified atom stereocenters. The van der Waals surface area contributed by atoms with Crippen LogP contribution in [-0.4, -0.2) is 32.6 Å². The van der Waals surface area contributed by atoms with Gasteiger partial charge in [0.1, 0.15) is 0 Å². The normalized spacial score (nSPS) is 18.4. The first-order chi connectivity index (χ1) is 15.8. The van der Waals surface area contributed by atoms with E-state index in [-0.39, 0.29) is 34.3 Å². The molecule has 3 heterocycles. The van der Waals surface area contributed by atoms with E-state index in [2.05, 4.69) is 15.7 Å². The average Bonchev–Trinajstić information content (AvgIpc) is 3.28. The zero-order chi connectivity index (χ0) is 23.5. The maximum Gasteiger partial charge on any atom is 0.330 e. The summed E-state index contributed by atoms with van der Waals surface area (Å²) in [5, 5.41) is 34.1. The smallest absolute Gasteiger partial charge is 0.330 e. The number of amides is 1. The van der Waals surface area contributed by atoms with E-state index in [9.17, 15) is 25.0 Å². The van der Waals surface area contributed by atoms with E-state index in [1.807, 2.05) is 6.07 Å². The van der Waals surface area contributed by atoms with Crippen LogP contribution in [0.3, 0.4) is 0 Å². The van der Waals surface area contributed by atoms with Crippen molar-refractivity contribution in [1.29, 1.82) is 0 Å². The number of carbonyl (C=O) groups excluding carboxylic acids is 1. The molecule has 0 saturated carbocycles. The van der Waals surface area contributed by atoms with Crippen molar-refractivity contribution in [3.05, 3.63) is 97.2 Å². The van der Waals surface area contributed by atoms with Gasteiger partial charge in [-0.25, -0.2) is 4.68 Å². The predicted octanol–water partition coefficient (Wildman–Crippen LogP) is 2.38. The number of nitrogens with zero attached hydrogens (tertiary/aromatic N) is 4. The van der Waals surface area contributed by atoms with Gasteiger partial charge in [-0.1, -0.05) is 24.3 Å². The van der Waals surface area contributed by atoms with Crippen molar-refractivity contribution >= 4 is 17.3 Å². The molecule has 1 spiro atoms. The maximum absolute atomic E-state index is 13.6. The van der Waals surface area contributed by atoms with E-state index in [4.69, 9.17) is 4.74 Å². The van der Waals surface area contributed by atoms with E-state index in [1.54, 1.807) is 31.2 Å². The number of rotatable bonds is 4. The van der Waals surface area contributed by atoms with Gasteiger partial charge in [0.25, 0.3) is 17.5 Å². The number of anilines is 1. The van der Waals surface area contributed by atoms with Crippen LogP contribution in [0.25, 0.3) is 5.69 Å². The Kier molecular flexibility index (Phi) is 4.21. The largest absolute Gasteiger partial charge is 0.416 e.